The number of benzene rings is 1. The van der Waals surface area contributed by atoms with Gasteiger partial charge < -0.3 is 45.0 Å². The van der Waals surface area contributed by atoms with Crippen LogP contribution in [-0.4, -0.2) is 104 Å². The van der Waals surface area contributed by atoms with Crippen molar-refractivity contribution in [2.45, 2.75) is 82.0 Å². The predicted molar refractivity (Wildman–Crippen MR) is 199 cm³/mol. The normalized spacial score (nSPS) is 21.9. The van der Waals surface area contributed by atoms with Gasteiger partial charge in [-0.15, -0.1) is 0 Å². The fraction of sp³-hybridized carbons (Fsp3) is 0.462. The molecule has 1 unspecified atom stereocenters. The van der Waals surface area contributed by atoms with Gasteiger partial charge in [0.15, 0.2) is 0 Å². The summed E-state index contributed by atoms with van der Waals surface area (Å²) in [5.74, 6) is -0.989. The molecule has 0 radical (unpaired) electrons. The standard InChI is InChI=1S/C39H48N8O8/c1-23(2)32(45-38(53)55-4)36(51)47-19-9-13-28(47)34-41-22-30(44-34)39(16-14-25(15-17-39)24-10-6-5-7-11-24)29-21-40-33(43-29)27-12-8-18-46(27)35(50)26(20-31(48)49)42-37(52)54-3/h5-7,10-11,14-16,21-23,26-28,32H,8-9,12-13,17-20H2,1-4H3,(H,40,43)(H,41,44)(H,42,52)(H,45,53)(H,48,49)/t26-,27-,28-,32-,39?/m0/s1. The van der Waals surface area contributed by atoms with Crippen molar-refractivity contribution >= 4 is 35.5 Å². The van der Waals surface area contributed by atoms with E-state index in [0.717, 1.165) is 36.1 Å². The lowest BCUT2D eigenvalue weighted by atomic mass is 9.74. The van der Waals surface area contributed by atoms with Gasteiger partial charge in [-0.05, 0) is 49.2 Å². The third kappa shape index (κ3) is 8.12. The van der Waals surface area contributed by atoms with Crippen molar-refractivity contribution < 1.29 is 38.6 Å². The molecule has 55 heavy (non-hydrogen) atoms. The van der Waals surface area contributed by atoms with Crippen LogP contribution in [0.1, 0.15) is 93.1 Å². The molecule has 5 atom stereocenters. The fourth-order valence-corrected chi connectivity index (χ4v) is 7.78. The van der Waals surface area contributed by atoms with E-state index in [1.807, 2.05) is 32.0 Å². The molecule has 1 aromatic carbocycles. The lowest BCUT2D eigenvalue weighted by molar-refractivity contribution is -0.143. The third-order valence-electron chi connectivity index (χ3n) is 10.7. The first-order chi connectivity index (χ1) is 26.4. The van der Waals surface area contributed by atoms with Crippen LogP contribution in [0.2, 0.25) is 0 Å². The van der Waals surface area contributed by atoms with E-state index in [1.54, 1.807) is 22.2 Å². The minimum Gasteiger partial charge on any atom is -0.481 e. The number of hydrogen-bond donors (Lipinski definition) is 5. The molecule has 16 nitrogen and oxygen atoms in total. The number of H-pyrrole nitrogens is 2. The fourth-order valence-electron chi connectivity index (χ4n) is 7.78. The molecule has 2 fully saturated rings. The number of amides is 4. The maximum atomic E-state index is 13.8. The van der Waals surface area contributed by atoms with Gasteiger partial charge in [0.05, 0.1) is 49.5 Å². The number of hydrogen-bond acceptors (Lipinski definition) is 9. The van der Waals surface area contributed by atoms with E-state index < -0.39 is 54.0 Å². The Morgan fingerprint density at radius 2 is 1.44 bits per heavy atom. The van der Waals surface area contributed by atoms with Crippen LogP contribution in [-0.2, 0) is 29.3 Å². The van der Waals surface area contributed by atoms with Crippen molar-refractivity contribution in [3.05, 3.63) is 89.6 Å². The van der Waals surface area contributed by atoms with E-state index in [2.05, 4.69) is 55.7 Å². The Hall–Kier alpha value is -5.93. The van der Waals surface area contributed by atoms with E-state index in [-0.39, 0.29) is 17.9 Å². The minimum absolute atomic E-state index is 0.172. The quantitative estimate of drug-likeness (QED) is 0.176. The van der Waals surface area contributed by atoms with Gasteiger partial charge >= 0.3 is 18.2 Å². The molecule has 4 amide bonds. The molecule has 16 heteroatoms. The molecule has 3 aliphatic rings. The van der Waals surface area contributed by atoms with E-state index >= 15 is 0 Å². The van der Waals surface area contributed by atoms with Gasteiger partial charge in [0.25, 0.3) is 0 Å². The number of aromatic nitrogens is 4. The summed E-state index contributed by atoms with van der Waals surface area (Å²) in [6.07, 6.45) is 10.9. The van der Waals surface area contributed by atoms with Gasteiger partial charge in [0, 0.05) is 25.5 Å². The van der Waals surface area contributed by atoms with Gasteiger partial charge in [0.2, 0.25) is 11.8 Å². The Labute approximate surface area is 318 Å². The molecule has 6 rings (SSSR count). The minimum atomic E-state index is -1.31. The van der Waals surface area contributed by atoms with E-state index in [4.69, 9.17) is 14.7 Å². The number of methoxy groups -OCH3 is 2. The molecule has 292 valence electrons. The molecule has 5 N–H and O–H groups in total. The van der Waals surface area contributed by atoms with Crippen molar-refractivity contribution in [3.8, 4) is 0 Å². The summed E-state index contributed by atoms with van der Waals surface area (Å²) < 4.78 is 9.43. The number of likely N-dealkylation sites (tertiary alicyclic amines) is 2. The Kier molecular flexibility index (Phi) is 11.7. The molecule has 2 saturated heterocycles. The van der Waals surface area contributed by atoms with E-state index in [9.17, 15) is 29.1 Å². The highest BCUT2D eigenvalue weighted by molar-refractivity contribution is 5.90. The van der Waals surface area contributed by atoms with E-state index in [0.29, 0.717) is 50.4 Å². The van der Waals surface area contributed by atoms with Crippen LogP contribution in [0.3, 0.4) is 0 Å². The summed E-state index contributed by atoms with van der Waals surface area (Å²) in [6.45, 7) is 4.62. The van der Waals surface area contributed by atoms with Crippen molar-refractivity contribution in [1.29, 1.82) is 0 Å². The predicted octanol–water partition coefficient (Wildman–Crippen LogP) is 4.37. The highest BCUT2D eigenvalue weighted by atomic mass is 16.5. The zero-order valence-electron chi connectivity index (χ0n) is 31.4. The zero-order valence-corrected chi connectivity index (χ0v) is 31.4. The number of ether oxygens (including phenoxy) is 2. The third-order valence-corrected chi connectivity index (χ3v) is 10.7. The number of carboxylic acid groups (broad SMARTS) is 1. The van der Waals surface area contributed by atoms with Crippen molar-refractivity contribution in [3.63, 3.8) is 0 Å². The molecule has 0 spiro atoms. The molecular weight excluding hydrogens is 708 g/mol. The van der Waals surface area contributed by atoms with Gasteiger partial charge in [-0.25, -0.2) is 19.6 Å². The molecule has 3 aromatic rings. The monoisotopic (exact) mass is 756 g/mol. The molecule has 0 saturated carbocycles. The van der Waals surface area contributed by atoms with Crippen LogP contribution < -0.4 is 10.6 Å². The largest absolute Gasteiger partial charge is 0.481 e. The molecule has 1 aliphatic carbocycles. The number of rotatable bonds is 12. The van der Waals surface area contributed by atoms with Gasteiger partial charge in [0.1, 0.15) is 23.7 Å². The summed E-state index contributed by atoms with van der Waals surface area (Å²) in [6, 6.07) is 7.15. The highest BCUT2D eigenvalue weighted by Crippen LogP contribution is 2.43. The Morgan fingerprint density at radius 1 is 0.873 bits per heavy atom. The van der Waals surface area contributed by atoms with E-state index in [1.165, 1.54) is 7.11 Å². The number of alkyl carbamates (subject to hydrolysis) is 2. The first kappa shape index (κ1) is 38.8. The second kappa shape index (κ2) is 16.6. The number of imidazole rings is 2. The van der Waals surface area contributed by atoms with Gasteiger partial charge in [-0.3, -0.25) is 14.4 Å². The molecule has 4 heterocycles. The topological polar surface area (TPSA) is 212 Å². The van der Waals surface area contributed by atoms with Crippen LogP contribution >= 0.6 is 0 Å². The number of aromatic amines is 2. The summed E-state index contributed by atoms with van der Waals surface area (Å²) in [5, 5.41) is 14.5. The first-order valence-electron chi connectivity index (χ1n) is 18.5. The number of carbonyl (C=O) groups is 5. The molecular formula is C39H48N8O8. The average molecular weight is 757 g/mol. The lowest BCUT2D eigenvalue weighted by Gasteiger charge is -2.32. The number of carboxylic acids is 1. The summed E-state index contributed by atoms with van der Waals surface area (Å²) in [5.41, 5.74) is 2.85. The zero-order chi connectivity index (χ0) is 39.3. The smallest absolute Gasteiger partial charge is 0.407 e. The van der Waals surface area contributed by atoms with Crippen LogP contribution in [0.25, 0.3) is 5.57 Å². The number of nitrogens with zero attached hydrogens (tertiary/aromatic N) is 4. The molecule has 2 aliphatic heterocycles. The lowest BCUT2D eigenvalue weighted by Crippen LogP contribution is -2.51. The maximum Gasteiger partial charge on any atom is 0.407 e. The van der Waals surface area contributed by atoms with Crippen molar-refractivity contribution in [2.75, 3.05) is 27.3 Å². The second-order valence-electron chi connectivity index (χ2n) is 14.4. The van der Waals surface area contributed by atoms with Crippen LogP contribution in [0, 0.1) is 5.92 Å². The van der Waals surface area contributed by atoms with Crippen LogP contribution in [0.4, 0.5) is 9.59 Å². The molecule has 0 bridgehead atoms. The van der Waals surface area contributed by atoms with Crippen LogP contribution in [0.15, 0.2) is 61.0 Å². The average Bonchev–Trinajstić information content (AvgIpc) is 4.03. The Balaban J connectivity index is 1.32. The van der Waals surface area contributed by atoms with Crippen molar-refractivity contribution in [1.82, 2.24) is 40.4 Å². The second-order valence-corrected chi connectivity index (χ2v) is 14.4. The number of aliphatic carboxylic acids is 1. The summed E-state index contributed by atoms with van der Waals surface area (Å²) in [7, 11) is 2.41. The Bertz CT molecular complexity index is 1950. The summed E-state index contributed by atoms with van der Waals surface area (Å²) >= 11 is 0. The molecule has 2 aromatic heterocycles. The van der Waals surface area contributed by atoms with Gasteiger partial charge in [-0.1, -0.05) is 62.4 Å². The first-order valence-corrected chi connectivity index (χ1v) is 18.5. The number of nitrogens with one attached hydrogen (secondary N) is 4. The van der Waals surface area contributed by atoms with Gasteiger partial charge in [-0.2, -0.15) is 0 Å². The summed E-state index contributed by atoms with van der Waals surface area (Å²) in [4.78, 5) is 83.3. The number of carbonyl (C=O) groups excluding carboxylic acids is 4. The maximum absolute atomic E-state index is 13.8. The SMILES string of the molecule is COC(=O)N[C@@H](CC(=O)O)C(=O)N1CCC[C@H]1c1ncc(C2(c3cnc([C@@H]4CCCN4C(=O)[C@@H](NC(=O)OC)C(C)C)[nH]3)C=CC(c3ccccc3)=CC2)[nH]1. The number of allylic oxidation sites excluding steroid dienone is 4. The highest BCUT2D eigenvalue weighted by Gasteiger charge is 2.42. The van der Waals surface area contributed by atoms with Crippen LogP contribution in [0.5, 0.6) is 0 Å². The Morgan fingerprint density at radius 3 is 1.95 bits per heavy atom. The van der Waals surface area contributed by atoms with Crippen molar-refractivity contribution in [2.24, 2.45) is 5.92 Å².